The molecule has 2 aromatic rings. The zero-order valence-electron chi connectivity index (χ0n) is 15.7. The summed E-state index contributed by atoms with van der Waals surface area (Å²) in [4.78, 5) is 16.3. The van der Waals surface area contributed by atoms with E-state index in [1.54, 1.807) is 19.2 Å². The van der Waals surface area contributed by atoms with Crippen LogP contribution < -0.4 is 15.4 Å². The maximum atomic E-state index is 13.2. The molecule has 0 aromatic heterocycles. The van der Waals surface area contributed by atoms with E-state index in [2.05, 4.69) is 20.4 Å². The van der Waals surface area contributed by atoms with Gasteiger partial charge in [-0.05, 0) is 42.5 Å². The number of hydrogen-bond acceptors (Lipinski definition) is 4. The Balaban J connectivity index is 1.44. The van der Waals surface area contributed by atoms with Crippen LogP contribution in [0.2, 0.25) is 0 Å². The van der Waals surface area contributed by atoms with Crippen LogP contribution in [0.3, 0.4) is 0 Å². The number of thiocarbonyl (C=S) groups is 1. The lowest BCUT2D eigenvalue weighted by molar-refractivity contribution is -0.117. The van der Waals surface area contributed by atoms with E-state index in [4.69, 9.17) is 17.0 Å². The Morgan fingerprint density at radius 1 is 1.07 bits per heavy atom. The van der Waals surface area contributed by atoms with E-state index in [-0.39, 0.29) is 18.3 Å². The van der Waals surface area contributed by atoms with Crippen molar-refractivity contribution < 1.29 is 13.9 Å². The van der Waals surface area contributed by atoms with Crippen LogP contribution in [0, 0.1) is 5.82 Å². The first kappa shape index (κ1) is 20.0. The number of methoxy groups -OCH3 is 1. The van der Waals surface area contributed by atoms with E-state index in [1.807, 2.05) is 24.3 Å². The van der Waals surface area contributed by atoms with Gasteiger partial charge in [0.25, 0.3) is 0 Å². The molecule has 1 amide bonds. The lowest BCUT2D eigenvalue weighted by Crippen LogP contribution is -2.51. The third-order valence-corrected chi connectivity index (χ3v) is 4.82. The number of carbonyl (C=O) groups is 1. The third kappa shape index (κ3) is 5.64. The zero-order valence-corrected chi connectivity index (χ0v) is 16.5. The molecule has 148 valence electrons. The average molecular weight is 402 g/mol. The standard InChI is InChI=1S/C20H23FN4O2S/c1-27-18-7-3-6-17(13-18)23-20(28)25-10-8-24(9-11-25)14-19(26)22-16-5-2-4-15(21)12-16/h2-7,12-13H,8-11,14H2,1H3,(H,22,26)(H,23,28). The van der Waals surface area contributed by atoms with Crippen LogP contribution in [-0.2, 0) is 4.79 Å². The summed E-state index contributed by atoms with van der Waals surface area (Å²) < 4.78 is 18.4. The molecule has 0 saturated carbocycles. The summed E-state index contributed by atoms with van der Waals surface area (Å²) in [6.45, 7) is 3.15. The van der Waals surface area contributed by atoms with Crippen molar-refractivity contribution in [1.29, 1.82) is 0 Å². The molecular formula is C20H23FN4O2S. The number of carbonyl (C=O) groups excluding carboxylic acids is 1. The van der Waals surface area contributed by atoms with Gasteiger partial charge in [0.1, 0.15) is 11.6 Å². The predicted molar refractivity (Wildman–Crippen MR) is 112 cm³/mol. The molecule has 0 radical (unpaired) electrons. The molecule has 8 heteroatoms. The fourth-order valence-corrected chi connectivity index (χ4v) is 3.28. The lowest BCUT2D eigenvalue weighted by atomic mass is 10.3. The number of amides is 1. The molecule has 0 atom stereocenters. The van der Waals surface area contributed by atoms with Gasteiger partial charge < -0.3 is 20.3 Å². The minimum absolute atomic E-state index is 0.156. The summed E-state index contributed by atoms with van der Waals surface area (Å²) in [5.74, 6) is 0.238. The van der Waals surface area contributed by atoms with Crippen LogP contribution in [0.5, 0.6) is 5.75 Å². The zero-order chi connectivity index (χ0) is 19.9. The second kappa shape index (κ2) is 9.48. The van der Waals surface area contributed by atoms with Crippen molar-refractivity contribution in [3.05, 3.63) is 54.3 Å². The molecular weight excluding hydrogens is 379 g/mol. The molecule has 1 saturated heterocycles. The fraction of sp³-hybridized carbons (Fsp3) is 0.300. The number of halogens is 1. The number of nitrogens with one attached hydrogen (secondary N) is 2. The molecule has 1 aliphatic heterocycles. The van der Waals surface area contributed by atoms with Crippen LogP contribution in [0.1, 0.15) is 0 Å². The summed E-state index contributed by atoms with van der Waals surface area (Å²) in [5, 5.41) is 6.60. The minimum Gasteiger partial charge on any atom is -0.497 e. The summed E-state index contributed by atoms with van der Waals surface area (Å²) in [6, 6.07) is 13.5. The first-order chi connectivity index (χ1) is 13.5. The number of benzene rings is 2. The smallest absolute Gasteiger partial charge is 0.238 e. The van der Waals surface area contributed by atoms with Gasteiger partial charge in [0.2, 0.25) is 5.91 Å². The highest BCUT2D eigenvalue weighted by atomic mass is 32.1. The number of rotatable bonds is 5. The average Bonchev–Trinajstić information content (AvgIpc) is 2.68. The second-order valence-corrected chi connectivity index (χ2v) is 6.87. The Hall–Kier alpha value is -2.71. The number of nitrogens with zero attached hydrogens (tertiary/aromatic N) is 2. The second-order valence-electron chi connectivity index (χ2n) is 6.48. The van der Waals surface area contributed by atoms with Crippen molar-refractivity contribution in [2.45, 2.75) is 0 Å². The quantitative estimate of drug-likeness (QED) is 0.750. The number of hydrogen-bond donors (Lipinski definition) is 2. The number of anilines is 2. The molecule has 2 N–H and O–H groups in total. The van der Waals surface area contributed by atoms with Crippen molar-refractivity contribution in [2.24, 2.45) is 0 Å². The Labute approximate surface area is 169 Å². The van der Waals surface area contributed by atoms with E-state index < -0.39 is 0 Å². The van der Waals surface area contributed by atoms with Gasteiger partial charge >= 0.3 is 0 Å². The van der Waals surface area contributed by atoms with Gasteiger partial charge in [-0.15, -0.1) is 0 Å². The highest BCUT2D eigenvalue weighted by Gasteiger charge is 2.20. The lowest BCUT2D eigenvalue weighted by Gasteiger charge is -2.35. The minimum atomic E-state index is -0.372. The Morgan fingerprint density at radius 2 is 1.75 bits per heavy atom. The first-order valence-electron chi connectivity index (χ1n) is 9.01. The molecule has 1 aliphatic rings. The molecule has 2 aromatic carbocycles. The van der Waals surface area contributed by atoms with E-state index in [9.17, 15) is 9.18 Å². The van der Waals surface area contributed by atoms with Crippen molar-refractivity contribution in [1.82, 2.24) is 9.80 Å². The van der Waals surface area contributed by atoms with Gasteiger partial charge in [0, 0.05) is 43.6 Å². The van der Waals surface area contributed by atoms with Gasteiger partial charge in [-0.1, -0.05) is 12.1 Å². The van der Waals surface area contributed by atoms with Crippen molar-refractivity contribution in [3.63, 3.8) is 0 Å². The van der Waals surface area contributed by atoms with Crippen LogP contribution in [-0.4, -0.2) is 60.7 Å². The van der Waals surface area contributed by atoms with E-state index in [1.165, 1.54) is 12.1 Å². The predicted octanol–water partition coefficient (Wildman–Crippen LogP) is 2.79. The molecule has 28 heavy (non-hydrogen) atoms. The largest absolute Gasteiger partial charge is 0.497 e. The Morgan fingerprint density at radius 3 is 2.43 bits per heavy atom. The van der Waals surface area contributed by atoms with E-state index >= 15 is 0 Å². The molecule has 0 aliphatic carbocycles. The summed E-state index contributed by atoms with van der Waals surface area (Å²) in [7, 11) is 1.63. The van der Waals surface area contributed by atoms with E-state index in [0.29, 0.717) is 10.8 Å². The first-order valence-corrected chi connectivity index (χ1v) is 9.42. The Kier molecular flexibility index (Phi) is 6.78. The van der Waals surface area contributed by atoms with Crippen LogP contribution in [0.4, 0.5) is 15.8 Å². The molecule has 0 unspecified atom stereocenters. The topological polar surface area (TPSA) is 56.8 Å². The Bertz CT molecular complexity index is 840. The number of piperazine rings is 1. The van der Waals surface area contributed by atoms with Crippen LogP contribution in [0.15, 0.2) is 48.5 Å². The highest BCUT2D eigenvalue weighted by molar-refractivity contribution is 7.80. The monoisotopic (exact) mass is 402 g/mol. The molecule has 1 heterocycles. The molecule has 0 spiro atoms. The summed E-state index contributed by atoms with van der Waals surface area (Å²) in [6.07, 6.45) is 0. The van der Waals surface area contributed by atoms with Gasteiger partial charge in [-0.2, -0.15) is 0 Å². The molecule has 6 nitrogen and oxygen atoms in total. The summed E-state index contributed by atoms with van der Waals surface area (Å²) in [5.41, 5.74) is 1.34. The SMILES string of the molecule is COc1cccc(NC(=S)N2CCN(CC(=O)Nc3cccc(F)c3)CC2)c1. The molecule has 1 fully saturated rings. The highest BCUT2D eigenvalue weighted by Crippen LogP contribution is 2.17. The molecule has 3 rings (SSSR count). The summed E-state index contributed by atoms with van der Waals surface area (Å²) >= 11 is 5.50. The van der Waals surface area contributed by atoms with Gasteiger partial charge in [-0.25, -0.2) is 4.39 Å². The normalized spacial score (nSPS) is 14.4. The van der Waals surface area contributed by atoms with Crippen molar-refractivity contribution in [3.8, 4) is 5.75 Å². The maximum Gasteiger partial charge on any atom is 0.238 e. The third-order valence-electron chi connectivity index (χ3n) is 4.46. The van der Waals surface area contributed by atoms with E-state index in [0.717, 1.165) is 37.6 Å². The maximum absolute atomic E-state index is 13.2. The van der Waals surface area contributed by atoms with Crippen molar-refractivity contribution in [2.75, 3.05) is 50.5 Å². The van der Waals surface area contributed by atoms with Gasteiger partial charge in [0.05, 0.1) is 13.7 Å². The van der Waals surface area contributed by atoms with Crippen LogP contribution in [0.25, 0.3) is 0 Å². The van der Waals surface area contributed by atoms with Gasteiger partial charge in [0.15, 0.2) is 5.11 Å². The number of ether oxygens (including phenoxy) is 1. The molecule has 0 bridgehead atoms. The van der Waals surface area contributed by atoms with Crippen molar-refractivity contribution >= 4 is 34.6 Å². The van der Waals surface area contributed by atoms with Gasteiger partial charge in [-0.3, -0.25) is 9.69 Å². The van der Waals surface area contributed by atoms with Crippen LogP contribution >= 0.6 is 12.2 Å². The fourth-order valence-electron chi connectivity index (χ4n) is 2.98.